The average molecular weight is 338 g/mol. The third kappa shape index (κ3) is 3.26. The van der Waals surface area contributed by atoms with Crippen LogP contribution in [0.2, 0.25) is 0 Å². The number of rotatable bonds is 5. The van der Waals surface area contributed by atoms with E-state index in [1.165, 1.54) is 0 Å². The molecule has 7 atom stereocenters. The van der Waals surface area contributed by atoms with Crippen LogP contribution in [-0.4, -0.2) is 97.8 Å². The van der Waals surface area contributed by atoms with Crippen LogP contribution in [0.5, 0.6) is 0 Å². The van der Waals surface area contributed by atoms with Crippen molar-refractivity contribution in [1.29, 1.82) is 0 Å². The Kier molecular flexibility index (Phi) is 5.41. The number of carbonyl (C=O) groups excluding carboxylic acids is 1. The van der Waals surface area contributed by atoms with Crippen molar-refractivity contribution in [3.8, 4) is 0 Å². The zero-order valence-electron chi connectivity index (χ0n) is 11.7. The Morgan fingerprint density at radius 1 is 1.13 bits per heavy atom. The van der Waals surface area contributed by atoms with Crippen LogP contribution in [-0.2, 0) is 19.0 Å². The fraction of sp³-hybridized carbons (Fsp3) is 0.750. The number of carbonyl (C=O) groups is 1. The zero-order chi connectivity index (χ0) is 17.3. The maximum atomic E-state index is 11.6. The number of cyclic esters (lactones) is 1. The first kappa shape index (κ1) is 17.9. The second-order valence-corrected chi connectivity index (χ2v) is 5.11. The van der Waals surface area contributed by atoms with Gasteiger partial charge in [-0.2, -0.15) is 0 Å². The highest BCUT2D eigenvalue weighted by Crippen LogP contribution is 2.29. The van der Waals surface area contributed by atoms with Gasteiger partial charge in [-0.1, -0.05) is 0 Å². The first-order valence-electron chi connectivity index (χ1n) is 6.72. The third-order valence-electron chi connectivity index (χ3n) is 3.54. The zero-order valence-corrected chi connectivity index (χ0v) is 11.7. The van der Waals surface area contributed by atoms with E-state index in [4.69, 9.17) is 19.7 Å². The molecule has 1 fully saturated rings. The smallest absolute Gasteiger partial charge is 0.378 e. The molecular formula is C12H18O11. The van der Waals surface area contributed by atoms with Crippen molar-refractivity contribution >= 4 is 5.97 Å². The summed E-state index contributed by atoms with van der Waals surface area (Å²) < 4.78 is 14.6. The van der Waals surface area contributed by atoms with Crippen LogP contribution in [0.3, 0.4) is 0 Å². The molecule has 0 saturated carbocycles. The minimum absolute atomic E-state index is 0.702. The SMILES string of the molecule is O=C1O[C@H](C(O)CO)C(O)=C1O[C@H]1O[C@H](CO)[C@@H](O)[C@H](O)[C@H]1O. The summed E-state index contributed by atoms with van der Waals surface area (Å²) in [7, 11) is 0. The van der Waals surface area contributed by atoms with E-state index in [0.717, 1.165) is 0 Å². The van der Waals surface area contributed by atoms with E-state index in [1.807, 2.05) is 0 Å². The van der Waals surface area contributed by atoms with Crippen molar-refractivity contribution < 1.29 is 54.8 Å². The molecule has 0 radical (unpaired) electrons. The van der Waals surface area contributed by atoms with Gasteiger partial charge in [0.1, 0.15) is 30.5 Å². The summed E-state index contributed by atoms with van der Waals surface area (Å²) in [6.45, 7) is -1.50. The molecule has 0 amide bonds. The van der Waals surface area contributed by atoms with Gasteiger partial charge in [0.15, 0.2) is 11.9 Å². The molecule has 0 aromatic heterocycles. The second-order valence-electron chi connectivity index (χ2n) is 5.11. The molecule has 0 aromatic carbocycles. The lowest BCUT2D eigenvalue weighted by atomic mass is 9.99. The van der Waals surface area contributed by atoms with E-state index >= 15 is 0 Å². The minimum atomic E-state index is -1.79. The van der Waals surface area contributed by atoms with Gasteiger partial charge in [-0.25, -0.2) is 4.79 Å². The standard InChI is InChI=1S/C12H18O11/c13-1-3(15)9-8(19)10(11(20)22-9)23-12-7(18)6(17)5(16)4(2-14)21-12/h3-7,9,12-19H,1-2H2/t3?,4-,5-,6+,7-,9-,12-/m1/s1. The van der Waals surface area contributed by atoms with Gasteiger partial charge >= 0.3 is 5.97 Å². The molecule has 11 heteroatoms. The molecule has 7 N–H and O–H groups in total. The van der Waals surface area contributed by atoms with Crippen molar-refractivity contribution in [3.05, 3.63) is 11.5 Å². The quantitative estimate of drug-likeness (QED) is 0.241. The van der Waals surface area contributed by atoms with E-state index in [0.29, 0.717) is 0 Å². The van der Waals surface area contributed by atoms with Crippen LogP contribution in [0.4, 0.5) is 0 Å². The van der Waals surface area contributed by atoms with Gasteiger partial charge in [-0.3, -0.25) is 0 Å². The lowest BCUT2D eigenvalue weighted by Gasteiger charge is -2.39. The molecule has 2 heterocycles. The lowest BCUT2D eigenvalue weighted by molar-refractivity contribution is -0.291. The summed E-state index contributed by atoms with van der Waals surface area (Å²) in [5.74, 6) is -2.79. The predicted octanol–water partition coefficient (Wildman–Crippen LogP) is -4.15. The van der Waals surface area contributed by atoms with Crippen LogP contribution < -0.4 is 0 Å². The Balaban J connectivity index is 2.16. The Hall–Kier alpha value is -1.47. The summed E-state index contributed by atoms with van der Waals surface area (Å²) >= 11 is 0. The molecule has 23 heavy (non-hydrogen) atoms. The number of hydrogen-bond acceptors (Lipinski definition) is 11. The van der Waals surface area contributed by atoms with Crippen molar-refractivity contribution in [2.45, 2.75) is 42.9 Å². The summed E-state index contributed by atoms with van der Waals surface area (Å²) in [6, 6.07) is 0. The third-order valence-corrected chi connectivity index (χ3v) is 3.54. The van der Waals surface area contributed by atoms with Crippen LogP contribution in [0.25, 0.3) is 0 Å². The molecule has 0 aliphatic carbocycles. The average Bonchev–Trinajstić information content (AvgIpc) is 2.82. The molecule has 2 rings (SSSR count). The molecule has 0 bridgehead atoms. The fourth-order valence-corrected chi connectivity index (χ4v) is 2.20. The number of hydrogen-bond donors (Lipinski definition) is 7. The molecule has 1 saturated heterocycles. The van der Waals surface area contributed by atoms with Crippen LogP contribution in [0.1, 0.15) is 0 Å². The Labute approximate surface area is 129 Å². The number of ether oxygens (including phenoxy) is 3. The number of esters is 1. The van der Waals surface area contributed by atoms with Gasteiger partial charge in [0.2, 0.25) is 12.0 Å². The Morgan fingerprint density at radius 3 is 2.35 bits per heavy atom. The van der Waals surface area contributed by atoms with Crippen molar-refractivity contribution in [2.75, 3.05) is 13.2 Å². The van der Waals surface area contributed by atoms with E-state index in [-0.39, 0.29) is 0 Å². The maximum Gasteiger partial charge on any atom is 0.378 e. The van der Waals surface area contributed by atoms with Crippen LogP contribution in [0, 0.1) is 0 Å². The summed E-state index contributed by atoms with van der Waals surface area (Å²) in [4.78, 5) is 11.6. The molecule has 2 aliphatic rings. The first-order valence-corrected chi connectivity index (χ1v) is 6.72. The van der Waals surface area contributed by atoms with Gasteiger partial charge in [0.25, 0.3) is 0 Å². The largest absolute Gasteiger partial charge is 0.505 e. The monoisotopic (exact) mass is 338 g/mol. The van der Waals surface area contributed by atoms with Gasteiger partial charge in [-0.15, -0.1) is 0 Å². The molecule has 0 aromatic rings. The van der Waals surface area contributed by atoms with Crippen molar-refractivity contribution in [3.63, 3.8) is 0 Å². The van der Waals surface area contributed by atoms with Gasteiger partial charge in [0.05, 0.1) is 13.2 Å². The highest BCUT2D eigenvalue weighted by atomic mass is 16.7. The summed E-state index contributed by atoms with van der Waals surface area (Å²) in [5, 5.41) is 66.1. The first-order chi connectivity index (χ1) is 10.8. The maximum absolute atomic E-state index is 11.6. The van der Waals surface area contributed by atoms with Gasteiger partial charge < -0.3 is 50.0 Å². The van der Waals surface area contributed by atoms with Gasteiger partial charge in [-0.05, 0) is 0 Å². The van der Waals surface area contributed by atoms with E-state index in [1.54, 1.807) is 0 Å². The second kappa shape index (κ2) is 6.97. The van der Waals surface area contributed by atoms with Crippen LogP contribution >= 0.6 is 0 Å². The molecular weight excluding hydrogens is 320 g/mol. The Bertz CT molecular complexity index is 476. The van der Waals surface area contributed by atoms with E-state index in [9.17, 15) is 30.3 Å². The van der Waals surface area contributed by atoms with Gasteiger partial charge in [0, 0.05) is 0 Å². The molecule has 1 unspecified atom stereocenters. The topological polar surface area (TPSA) is 186 Å². The van der Waals surface area contributed by atoms with Crippen molar-refractivity contribution in [2.24, 2.45) is 0 Å². The normalized spacial score (nSPS) is 39.3. The fourth-order valence-electron chi connectivity index (χ4n) is 2.20. The van der Waals surface area contributed by atoms with E-state index < -0.39 is 73.6 Å². The molecule has 11 nitrogen and oxygen atoms in total. The van der Waals surface area contributed by atoms with Crippen molar-refractivity contribution in [1.82, 2.24) is 0 Å². The minimum Gasteiger partial charge on any atom is -0.505 e. The highest BCUT2D eigenvalue weighted by Gasteiger charge is 2.48. The Morgan fingerprint density at radius 2 is 1.78 bits per heavy atom. The van der Waals surface area contributed by atoms with E-state index in [2.05, 4.69) is 4.74 Å². The number of aliphatic hydroxyl groups is 7. The number of aliphatic hydroxyl groups excluding tert-OH is 7. The molecule has 132 valence electrons. The summed E-state index contributed by atoms with van der Waals surface area (Å²) in [5.41, 5.74) is 0. The lowest BCUT2D eigenvalue weighted by Crippen LogP contribution is -2.59. The highest BCUT2D eigenvalue weighted by molar-refractivity contribution is 5.89. The predicted molar refractivity (Wildman–Crippen MR) is 67.5 cm³/mol. The summed E-state index contributed by atoms with van der Waals surface area (Å²) in [6.07, 6.45) is -11.2. The molecule has 2 aliphatic heterocycles. The van der Waals surface area contributed by atoms with Crippen LogP contribution in [0.15, 0.2) is 11.5 Å². The molecule has 0 spiro atoms.